The van der Waals surface area contributed by atoms with Gasteiger partial charge in [0, 0.05) is 17.5 Å². The van der Waals surface area contributed by atoms with Crippen LogP contribution in [-0.4, -0.2) is 9.97 Å². The van der Waals surface area contributed by atoms with Gasteiger partial charge in [-0.3, -0.25) is 0 Å². The zero-order chi connectivity index (χ0) is 18.4. The Kier molecular flexibility index (Phi) is 5.55. The maximum absolute atomic E-state index is 4.74. The molecule has 2 aromatic carbocycles. The molecule has 26 heavy (non-hydrogen) atoms. The van der Waals surface area contributed by atoms with Gasteiger partial charge in [0.15, 0.2) is 0 Å². The largest absolute Gasteiger partial charge is 0.233 e. The first-order valence-corrected chi connectivity index (χ1v) is 8.74. The molecule has 0 aliphatic heterocycles. The standard InChI is InChI=1S/C24H22N2/c1-4-11-18(5-2)20-14-10-15-21(16-20)23-17-22(25-24(6-3)26-23)19-12-8-7-9-13-19/h4-5,7-17H,1-2,6H2,3H3/b18-11+. The third-order valence-corrected chi connectivity index (χ3v) is 4.17. The van der Waals surface area contributed by atoms with Crippen molar-refractivity contribution in [2.75, 3.05) is 0 Å². The smallest absolute Gasteiger partial charge is 0.129 e. The van der Waals surface area contributed by atoms with E-state index in [1.54, 1.807) is 6.08 Å². The predicted molar refractivity (Wildman–Crippen MR) is 111 cm³/mol. The van der Waals surface area contributed by atoms with Crippen molar-refractivity contribution in [1.29, 1.82) is 0 Å². The van der Waals surface area contributed by atoms with Gasteiger partial charge in [0.2, 0.25) is 0 Å². The Morgan fingerprint density at radius 2 is 1.58 bits per heavy atom. The Bertz CT molecular complexity index is 953. The second kappa shape index (κ2) is 8.21. The molecule has 0 atom stereocenters. The van der Waals surface area contributed by atoms with Gasteiger partial charge in [-0.25, -0.2) is 9.97 Å². The van der Waals surface area contributed by atoms with E-state index < -0.39 is 0 Å². The molecule has 0 N–H and O–H groups in total. The van der Waals surface area contributed by atoms with Gasteiger partial charge in [-0.15, -0.1) is 0 Å². The maximum atomic E-state index is 4.74. The predicted octanol–water partition coefficient (Wildman–Crippen LogP) is 6.13. The van der Waals surface area contributed by atoms with Crippen LogP contribution in [0.25, 0.3) is 28.1 Å². The molecule has 0 aliphatic rings. The highest BCUT2D eigenvalue weighted by Gasteiger charge is 2.09. The van der Waals surface area contributed by atoms with Crippen LogP contribution in [0.2, 0.25) is 0 Å². The SMILES string of the molecule is C=C/C=C(\C=C)c1cccc(-c2cc(-c3ccccc3)nc(CC)n2)c1. The first-order chi connectivity index (χ1) is 12.7. The second-order valence-electron chi connectivity index (χ2n) is 5.92. The Morgan fingerprint density at radius 3 is 2.23 bits per heavy atom. The fourth-order valence-electron chi connectivity index (χ4n) is 2.83. The number of rotatable bonds is 6. The summed E-state index contributed by atoms with van der Waals surface area (Å²) in [6, 6.07) is 20.6. The van der Waals surface area contributed by atoms with E-state index in [4.69, 9.17) is 9.97 Å². The molecule has 0 aliphatic carbocycles. The maximum Gasteiger partial charge on any atom is 0.129 e. The highest BCUT2D eigenvalue weighted by Crippen LogP contribution is 2.26. The molecular weight excluding hydrogens is 316 g/mol. The van der Waals surface area contributed by atoms with Gasteiger partial charge in [0.05, 0.1) is 11.4 Å². The van der Waals surface area contributed by atoms with Crippen molar-refractivity contribution in [2.24, 2.45) is 0 Å². The average molecular weight is 338 g/mol. The number of aryl methyl sites for hydroxylation is 1. The lowest BCUT2D eigenvalue weighted by molar-refractivity contribution is 0.947. The lowest BCUT2D eigenvalue weighted by Gasteiger charge is -2.09. The fourth-order valence-corrected chi connectivity index (χ4v) is 2.83. The Morgan fingerprint density at radius 1 is 0.885 bits per heavy atom. The summed E-state index contributed by atoms with van der Waals surface area (Å²) in [4.78, 5) is 9.44. The van der Waals surface area contributed by atoms with Crippen molar-refractivity contribution in [3.05, 3.63) is 103 Å². The van der Waals surface area contributed by atoms with Gasteiger partial charge in [-0.2, -0.15) is 0 Å². The van der Waals surface area contributed by atoms with E-state index in [0.29, 0.717) is 0 Å². The van der Waals surface area contributed by atoms with E-state index in [1.165, 1.54) is 0 Å². The summed E-state index contributed by atoms with van der Waals surface area (Å²) in [7, 11) is 0. The van der Waals surface area contributed by atoms with Crippen LogP contribution in [0.3, 0.4) is 0 Å². The van der Waals surface area contributed by atoms with Crippen molar-refractivity contribution >= 4 is 5.57 Å². The summed E-state index contributed by atoms with van der Waals surface area (Å²) in [5.41, 5.74) is 6.17. The van der Waals surface area contributed by atoms with E-state index >= 15 is 0 Å². The molecule has 0 amide bonds. The molecule has 3 aromatic rings. The van der Waals surface area contributed by atoms with Crippen molar-refractivity contribution in [3.63, 3.8) is 0 Å². The normalized spacial score (nSPS) is 11.2. The molecule has 0 unspecified atom stereocenters. The third-order valence-electron chi connectivity index (χ3n) is 4.17. The van der Waals surface area contributed by atoms with Gasteiger partial charge < -0.3 is 0 Å². The number of aromatic nitrogens is 2. The van der Waals surface area contributed by atoms with Gasteiger partial charge in [-0.05, 0) is 23.3 Å². The van der Waals surface area contributed by atoms with E-state index in [2.05, 4.69) is 56.5 Å². The molecule has 0 fully saturated rings. The number of hydrogen-bond acceptors (Lipinski definition) is 2. The lowest BCUT2D eigenvalue weighted by Crippen LogP contribution is -1.98. The molecule has 0 saturated heterocycles. The van der Waals surface area contributed by atoms with Crippen LogP contribution < -0.4 is 0 Å². The summed E-state index contributed by atoms with van der Waals surface area (Å²) < 4.78 is 0. The van der Waals surface area contributed by atoms with Gasteiger partial charge >= 0.3 is 0 Å². The highest BCUT2D eigenvalue weighted by atomic mass is 14.9. The van der Waals surface area contributed by atoms with Crippen molar-refractivity contribution in [2.45, 2.75) is 13.3 Å². The molecule has 0 bridgehead atoms. The highest BCUT2D eigenvalue weighted by molar-refractivity contribution is 5.78. The molecule has 1 aromatic heterocycles. The number of allylic oxidation sites excluding steroid dienone is 4. The molecular formula is C24H22N2. The summed E-state index contributed by atoms with van der Waals surface area (Å²) in [5.74, 6) is 0.845. The van der Waals surface area contributed by atoms with Gasteiger partial charge in [0.25, 0.3) is 0 Å². The zero-order valence-electron chi connectivity index (χ0n) is 15.0. The molecule has 0 saturated carbocycles. The summed E-state index contributed by atoms with van der Waals surface area (Å²) >= 11 is 0. The average Bonchev–Trinajstić information content (AvgIpc) is 2.72. The second-order valence-corrected chi connectivity index (χ2v) is 5.92. The van der Waals surface area contributed by atoms with Crippen LogP contribution in [0.1, 0.15) is 18.3 Å². The molecule has 2 nitrogen and oxygen atoms in total. The molecule has 1 heterocycles. The Hall–Kier alpha value is -3.26. The van der Waals surface area contributed by atoms with E-state index in [-0.39, 0.29) is 0 Å². The summed E-state index contributed by atoms with van der Waals surface area (Å²) in [5, 5.41) is 0. The summed E-state index contributed by atoms with van der Waals surface area (Å²) in [6.07, 6.45) is 6.37. The summed E-state index contributed by atoms with van der Waals surface area (Å²) in [6.45, 7) is 9.75. The molecule has 0 spiro atoms. The first-order valence-electron chi connectivity index (χ1n) is 8.74. The minimum absolute atomic E-state index is 0.793. The lowest BCUT2D eigenvalue weighted by atomic mass is 10.0. The van der Waals surface area contributed by atoms with Gasteiger partial charge in [0.1, 0.15) is 5.82 Å². The quantitative estimate of drug-likeness (QED) is 0.505. The van der Waals surface area contributed by atoms with Gasteiger partial charge in [-0.1, -0.05) is 86.8 Å². The van der Waals surface area contributed by atoms with Crippen LogP contribution >= 0.6 is 0 Å². The molecule has 0 radical (unpaired) electrons. The Balaban J connectivity index is 2.11. The minimum Gasteiger partial charge on any atom is -0.233 e. The van der Waals surface area contributed by atoms with Crippen molar-refractivity contribution in [3.8, 4) is 22.5 Å². The topological polar surface area (TPSA) is 25.8 Å². The number of nitrogens with zero attached hydrogens (tertiary/aromatic N) is 2. The van der Waals surface area contributed by atoms with Crippen LogP contribution in [0.4, 0.5) is 0 Å². The monoisotopic (exact) mass is 338 g/mol. The zero-order valence-corrected chi connectivity index (χ0v) is 15.0. The van der Waals surface area contributed by atoms with Crippen molar-refractivity contribution < 1.29 is 0 Å². The van der Waals surface area contributed by atoms with Crippen LogP contribution in [0.5, 0.6) is 0 Å². The van der Waals surface area contributed by atoms with E-state index in [0.717, 1.165) is 45.9 Å². The molecule has 128 valence electrons. The van der Waals surface area contributed by atoms with Crippen LogP contribution in [0.15, 0.2) is 92.0 Å². The third kappa shape index (κ3) is 3.86. The Labute approximate surface area is 155 Å². The van der Waals surface area contributed by atoms with Crippen LogP contribution in [-0.2, 0) is 6.42 Å². The minimum atomic E-state index is 0.793. The van der Waals surface area contributed by atoms with E-state index in [9.17, 15) is 0 Å². The first kappa shape index (κ1) is 17.6. The van der Waals surface area contributed by atoms with E-state index in [1.807, 2.05) is 36.4 Å². The fraction of sp³-hybridized carbons (Fsp3) is 0.0833. The molecule has 3 rings (SSSR count). The van der Waals surface area contributed by atoms with Crippen molar-refractivity contribution in [1.82, 2.24) is 9.97 Å². The van der Waals surface area contributed by atoms with Crippen LogP contribution in [0, 0.1) is 0 Å². The number of hydrogen-bond donors (Lipinski definition) is 0. The number of benzene rings is 2. The molecule has 2 heteroatoms.